The van der Waals surface area contributed by atoms with Crippen molar-refractivity contribution >= 4 is 11.9 Å². The van der Waals surface area contributed by atoms with E-state index in [-0.39, 0.29) is 12.3 Å². The van der Waals surface area contributed by atoms with Crippen LogP contribution in [0.4, 0.5) is 4.39 Å². The number of carboxylic acid groups (broad SMARTS) is 1. The van der Waals surface area contributed by atoms with Crippen molar-refractivity contribution in [3.8, 4) is 5.75 Å². The molecule has 2 rings (SSSR count). The molecule has 1 aliphatic rings. The van der Waals surface area contributed by atoms with Gasteiger partial charge in [-0.3, -0.25) is 9.59 Å². The van der Waals surface area contributed by atoms with Gasteiger partial charge in [-0.25, -0.2) is 4.39 Å². The summed E-state index contributed by atoms with van der Waals surface area (Å²) in [6.45, 7) is 2.22. The zero-order chi connectivity index (χ0) is 14.8. The first-order valence-electron chi connectivity index (χ1n) is 6.42. The SMILES string of the molecule is CCOc1ccc(CNC(=O)C2(C(=O)O)CC2)cc1F. The smallest absolute Gasteiger partial charge is 0.319 e. The fourth-order valence-electron chi connectivity index (χ4n) is 1.94. The molecule has 0 atom stereocenters. The summed E-state index contributed by atoms with van der Waals surface area (Å²) in [4.78, 5) is 22.8. The zero-order valence-electron chi connectivity index (χ0n) is 11.1. The number of halogens is 1. The largest absolute Gasteiger partial charge is 0.491 e. The van der Waals surface area contributed by atoms with E-state index in [1.54, 1.807) is 13.0 Å². The van der Waals surface area contributed by atoms with E-state index in [1.807, 2.05) is 0 Å². The predicted octanol–water partition coefficient (Wildman–Crippen LogP) is 1.71. The van der Waals surface area contributed by atoms with Gasteiger partial charge in [0.25, 0.3) is 0 Å². The van der Waals surface area contributed by atoms with Gasteiger partial charge in [0.1, 0.15) is 5.41 Å². The lowest BCUT2D eigenvalue weighted by atomic mass is 10.1. The highest BCUT2D eigenvalue weighted by Gasteiger charge is 2.56. The lowest BCUT2D eigenvalue weighted by Crippen LogP contribution is -2.36. The summed E-state index contributed by atoms with van der Waals surface area (Å²) in [5.41, 5.74) is -0.718. The van der Waals surface area contributed by atoms with Crippen LogP contribution >= 0.6 is 0 Å². The Hall–Kier alpha value is -2.11. The van der Waals surface area contributed by atoms with E-state index >= 15 is 0 Å². The minimum atomic E-state index is -1.27. The number of hydrogen-bond acceptors (Lipinski definition) is 3. The van der Waals surface area contributed by atoms with Crippen molar-refractivity contribution in [1.82, 2.24) is 5.32 Å². The monoisotopic (exact) mass is 281 g/mol. The van der Waals surface area contributed by atoms with Gasteiger partial charge in [-0.1, -0.05) is 6.07 Å². The molecule has 1 amide bonds. The molecule has 1 aromatic rings. The van der Waals surface area contributed by atoms with Crippen LogP contribution in [0.25, 0.3) is 0 Å². The van der Waals surface area contributed by atoms with Crippen molar-refractivity contribution in [3.63, 3.8) is 0 Å². The number of aliphatic carboxylic acids is 1. The molecule has 20 heavy (non-hydrogen) atoms. The Morgan fingerprint density at radius 2 is 2.15 bits per heavy atom. The van der Waals surface area contributed by atoms with Gasteiger partial charge in [0, 0.05) is 6.54 Å². The molecule has 0 unspecified atom stereocenters. The summed E-state index contributed by atoms with van der Waals surface area (Å²) in [7, 11) is 0. The number of ether oxygens (including phenoxy) is 1. The molecule has 0 aromatic heterocycles. The molecule has 1 aromatic carbocycles. The van der Waals surface area contributed by atoms with Gasteiger partial charge in [-0.2, -0.15) is 0 Å². The number of rotatable bonds is 6. The number of carbonyl (C=O) groups is 2. The molecule has 0 bridgehead atoms. The van der Waals surface area contributed by atoms with Crippen LogP contribution in [0.2, 0.25) is 0 Å². The van der Waals surface area contributed by atoms with Crippen LogP contribution < -0.4 is 10.1 Å². The average molecular weight is 281 g/mol. The molecule has 1 fully saturated rings. The van der Waals surface area contributed by atoms with Gasteiger partial charge in [-0.05, 0) is 37.5 Å². The molecule has 6 heteroatoms. The van der Waals surface area contributed by atoms with Crippen LogP contribution in [0.5, 0.6) is 5.75 Å². The Balaban J connectivity index is 1.96. The van der Waals surface area contributed by atoms with Crippen LogP contribution in [0.3, 0.4) is 0 Å². The van der Waals surface area contributed by atoms with Crippen molar-refractivity contribution in [1.29, 1.82) is 0 Å². The fourth-order valence-corrected chi connectivity index (χ4v) is 1.94. The van der Waals surface area contributed by atoms with E-state index in [0.717, 1.165) is 0 Å². The van der Waals surface area contributed by atoms with Crippen molar-refractivity contribution < 1.29 is 23.8 Å². The van der Waals surface area contributed by atoms with E-state index in [4.69, 9.17) is 9.84 Å². The van der Waals surface area contributed by atoms with Gasteiger partial charge in [0.15, 0.2) is 11.6 Å². The normalized spacial score (nSPS) is 15.5. The molecule has 0 heterocycles. The molecule has 5 nitrogen and oxygen atoms in total. The second-order valence-corrected chi connectivity index (χ2v) is 4.77. The van der Waals surface area contributed by atoms with Crippen LogP contribution in [-0.4, -0.2) is 23.6 Å². The number of amides is 1. The molecule has 2 N–H and O–H groups in total. The van der Waals surface area contributed by atoms with E-state index in [0.29, 0.717) is 25.0 Å². The highest BCUT2D eigenvalue weighted by Crippen LogP contribution is 2.46. The maximum Gasteiger partial charge on any atom is 0.319 e. The topological polar surface area (TPSA) is 75.6 Å². The maximum atomic E-state index is 13.6. The van der Waals surface area contributed by atoms with Gasteiger partial charge in [-0.15, -0.1) is 0 Å². The molecule has 0 saturated heterocycles. The quantitative estimate of drug-likeness (QED) is 0.778. The standard InChI is InChI=1S/C14H16FNO4/c1-2-20-11-4-3-9(7-10(11)15)8-16-12(17)14(5-6-14)13(18)19/h3-4,7H,2,5-6,8H2,1H3,(H,16,17)(H,18,19). The minimum Gasteiger partial charge on any atom is -0.491 e. The maximum absolute atomic E-state index is 13.6. The Morgan fingerprint density at radius 1 is 1.45 bits per heavy atom. The lowest BCUT2D eigenvalue weighted by molar-refractivity contribution is -0.149. The first-order chi connectivity index (χ1) is 9.49. The van der Waals surface area contributed by atoms with Crippen LogP contribution in [0.1, 0.15) is 25.3 Å². The van der Waals surface area contributed by atoms with Gasteiger partial charge < -0.3 is 15.2 Å². The molecule has 1 saturated carbocycles. The lowest BCUT2D eigenvalue weighted by Gasteiger charge is -2.11. The van der Waals surface area contributed by atoms with Crippen molar-refractivity contribution in [3.05, 3.63) is 29.6 Å². The number of carboxylic acids is 1. The third-order valence-corrected chi connectivity index (χ3v) is 3.34. The molecule has 0 radical (unpaired) electrons. The molecular weight excluding hydrogens is 265 g/mol. The summed E-state index contributed by atoms with van der Waals surface area (Å²) in [5, 5.41) is 11.5. The summed E-state index contributed by atoms with van der Waals surface area (Å²) in [6, 6.07) is 4.39. The van der Waals surface area contributed by atoms with Crippen molar-refractivity contribution in [2.45, 2.75) is 26.3 Å². The highest BCUT2D eigenvalue weighted by molar-refractivity contribution is 6.04. The summed E-state index contributed by atoms with van der Waals surface area (Å²) < 4.78 is 18.7. The second-order valence-electron chi connectivity index (χ2n) is 4.77. The third kappa shape index (κ3) is 2.74. The molecule has 108 valence electrons. The molecule has 1 aliphatic carbocycles. The Bertz CT molecular complexity index is 540. The summed E-state index contributed by atoms with van der Waals surface area (Å²) >= 11 is 0. The highest BCUT2D eigenvalue weighted by atomic mass is 19.1. The van der Waals surface area contributed by atoms with E-state index in [1.165, 1.54) is 12.1 Å². The van der Waals surface area contributed by atoms with Crippen LogP contribution in [-0.2, 0) is 16.1 Å². The minimum absolute atomic E-state index is 0.0944. The van der Waals surface area contributed by atoms with E-state index in [2.05, 4.69) is 5.32 Å². The molecular formula is C14H16FNO4. The molecule has 0 spiro atoms. The van der Waals surface area contributed by atoms with Crippen molar-refractivity contribution in [2.24, 2.45) is 5.41 Å². The first-order valence-corrected chi connectivity index (χ1v) is 6.42. The summed E-state index contributed by atoms with van der Waals surface area (Å²) in [5.74, 6) is -1.96. The first kappa shape index (κ1) is 14.3. The second kappa shape index (κ2) is 5.48. The molecule has 0 aliphatic heterocycles. The van der Waals surface area contributed by atoms with Gasteiger partial charge >= 0.3 is 5.97 Å². The predicted molar refractivity (Wildman–Crippen MR) is 68.7 cm³/mol. The van der Waals surface area contributed by atoms with Crippen molar-refractivity contribution in [2.75, 3.05) is 6.61 Å². The number of nitrogens with one attached hydrogen (secondary N) is 1. The Kier molecular flexibility index (Phi) is 3.92. The van der Waals surface area contributed by atoms with Crippen LogP contribution in [0, 0.1) is 11.2 Å². The van der Waals surface area contributed by atoms with Crippen LogP contribution in [0.15, 0.2) is 18.2 Å². The van der Waals surface area contributed by atoms with E-state index < -0.39 is 23.1 Å². The van der Waals surface area contributed by atoms with E-state index in [9.17, 15) is 14.0 Å². The number of carbonyl (C=O) groups excluding carboxylic acids is 1. The fraction of sp³-hybridized carbons (Fsp3) is 0.429. The zero-order valence-corrected chi connectivity index (χ0v) is 11.1. The third-order valence-electron chi connectivity index (χ3n) is 3.34. The average Bonchev–Trinajstić information content (AvgIpc) is 3.20. The number of benzene rings is 1. The number of hydrogen-bond donors (Lipinski definition) is 2. The van der Waals surface area contributed by atoms with Gasteiger partial charge in [0.05, 0.1) is 6.61 Å². The Labute approximate surface area is 115 Å². The Morgan fingerprint density at radius 3 is 2.65 bits per heavy atom. The van der Waals surface area contributed by atoms with Gasteiger partial charge in [0.2, 0.25) is 5.91 Å². The summed E-state index contributed by atoms with van der Waals surface area (Å²) in [6.07, 6.45) is 0.706.